The highest BCUT2D eigenvalue weighted by Gasteiger charge is 2.31. The molecule has 1 unspecified atom stereocenters. The summed E-state index contributed by atoms with van der Waals surface area (Å²) in [6, 6.07) is 1.58. The Kier molecular flexibility index (Phi) is 4.45. The Morgan fingerprint density at radius 3 is 2.53 bits per heavy atom. The summed E-state index contributed by atoms with van der Waals surface area (Å²) in [4.78, 5) is 2.63. The molecule has 1 N–H and O–H groups in total. The van der Waals surface area contributed by atoms with Crippen molar-refractivity contribution in [1.29, 1.82) is 0 Å². The first-order valence-corrected chi connectivity index (χ1v) is 7.16. The van der Waals surface area contributed by atoms with Crippen LogP contribution >= 0.6 is 0 Å². The lowest BCUT2D eigenvalue weighted by atomic mass is 10.2. The fourth-order valence-corrected chi connectivity index (χ4v) is 2.53. The van der Waals surface area contributed by atoms with E-state index in [9.17, 15) is 0 Å². The number of ether oxygens (including phenoxy) is 1. The van der Waals surface area contributed by atoms with Crippen molar-refractivity contribution in [2.24, 2.45) is 0 Å². The topological polar surface area (TPSA) is 24.5 Å². The molecule has 1 heterocycles. The molecule has 1 atom stereocenters. The van der Waals surface area contributed by atoms with Gasteiger partial charge in [0, 0.05) is 25.2 Å². The minimum absolute atomic E-state index is 0.000823. The van der Waals surface area contributed by atoms with E-state index < -0.39 is 0 Å². The van der Waals surface area contributed by atoms with Crippen LogP contribution in [0.4, 0.5) is 0 Å². The third kappa shape index (κ3) is 4.94. The van der Waals surface area contributed by atoms with Gasteiger partial charge in [-0.1, -0.05) is 0 Å². The van der Waals surface area contributed by atoms with Crippen LogP contribution in [0.25, 0.3) is 0 Å². The van der Waals surface area contributed by atoms with E-state index >= 15 is 0 Å². The zero-order valence-corrected chi connectivity index (χ0v) is 11.7. The van der Waals surface area contributed by atoms with E-state index in [-0.39, 0.29) is 5.60 Å². The Balaban J connectivity index is 1.69. The van der Waals surface area contributed by atoms with Crippen molar-refractivity contribution in [3.63, 3.8) is 0 Å². The molecule has 0 radical (unpaired) electrons. The van der Waals surface area contributed by atoms with Gasteiger partial charge in [-0.05, 0) is 53.0 Å². The van der Waals surface area contributed by atoms with Crippen molar-refractivity contribution in [2.45, 2.75) is 64.1 Å². The standard InChI is InChI=1S/C14H28N2O/c1-14(2,3)17-10-9-16(13-6-7-13)11-12-5-4-8-15-12/h12-13,15H,4-11H2,1-3H3. The van der Waals surface area contributed by atoms with Gasteiger partial charge >= 0.3 is 0 Å². The van der Waals surface area contributed by atoms with E-state index in [1.807, 2.05) is 0 Å². The predicted molar refractivity (Wildman–Crippen MR) is 71.3 cm³/mol. The van der Waals surface area contributed by atoms with E-state index in [0.29, 0.717) is 0 Å². The maximum absolute atomic E-state index is 5.84. The molecule has 0 aromatic rings. The van der Waals surface area contributed by atoms with Gasteiger partial charge in [0.05, 0.1) is 12.2 Å². The summed E-state index contributed by atoms with van der Waals surface area (Å²) in [5.41, 5.74) is 0.000823. The maximum atomic E-state index is 5.84. The Morgan fingerprint density at radius 2 is 2.00 bits per heavy atom. The Labute approximate surface area is 106 Å². The molecule has 2 fully saturated rings. The van der Waals surface area contributed by atoms with Crippen molar-refractivity contribution in [3.8, 4) is 0 Å². The van der Waals surface area contributed by atoms with Crippen molar-refractivity contribution in [2.75, 3.05) is 26.2 Å². The number of hydrogen-bond donors (Lipinski definition) is 1. The van der Waals surface area contributed by atoms with Crippen molar-refractivity contribution < 1.29 is 4.74 Å². The van der Waals surface area contributed by atoms with Gasteiger partial charge in [-0.3, -0.25) is 4.90 Å². The van der Waals surface area contributed by atoms with Crippen LogP contribution in [0.3, 0.4) is 0 Å². The van der Waals surface area contributed by atoms with Gasteiger partial charge in [0.25, 0.3) is 0 Å². The van der Waals surface area contributed by atoms with E-state index in [4.69, 9.17) is 4.74 Å². The summed E-state index contributed by atoms with van der Waals surface area (Å²) < 4.78 is 5.84. The van der Waals surface area contributed by atoms with Gasteiger partial charge in [-0.2, -0.15) is 0 Å². The maximum Gasteiger partial charge on any atom is 0.0600 e. The van der Waals surface area contributed by atoms with E-state index in [1.54, 1.807) is 0 Å². The summed E-state index contributed by atoms with van der Waals surface area (Å²) >= 11 is 0. The zero-order valence-electron chi connectivity index (χ0n) is 11.7. The molecule has 1 aliphatic carbocycles. The molecule has 0 aromatic heterocycles. The molecular weight excluding hydrogens is 212 g/mol. The second kappa shape index (κ2) is 5.68. The van der Waals surface area contributed by atoms with Crippen LogP contribution in [-0.2, 0) is 4.74 Å². The van der Waals surface area contributed by atoms with Gasteiger partial charge < -0.3 is 10.1 Å². The summed E-state index contributed by atoms with van der Waals surface area (Å²) in [7, 11) is 0. The average Bonchev–Trinajstić information content (AvgIpc) is 2.95. The van der Waals surface area contributed by atoms with Gasteiger partial charge in [0.2, 0.25) is 0 Å². The van der Waals surface area contributed by atoms with Crippen LogP contribution in [-0.4, -0.2) is 48.8 Å². The van der Waals surface area contributed by atoms with Gasteiger partial charge in [0.1, 0.15) is 0 Å². The third-order valence-corrected chi connectivity index (χ3v) is 3.59. The highest BCUT2D eigenvalue weighted by atomic mass is 16.5. The minimum atomic E-state index is 0.000823. The van der Waals surface area contributed by atoms with Gasteiger partial charge in [-0.15, -0.1) is 0 Å². The largest absolute Gasteiger partial charge is 0.375 e. The zero-order chi connectivity index (χ0) is 12.3. The van der Waals surface area contributed by atoms with Crippen LogP contribution in [0.1, 0.15) is 46.5 Å². The first-order valence-electron chi connectivity index (χ1n) is 7.16. The van der Waals surface area contributed by atoms with Crippen molar-refractivity contribution in [1.82, 2.24) is 10.2 Å². The molecule has 2 aliphatic rings. The van der Waals surface area contributed by atoms with Crippen LogP contribution in [0.2, 0.25) is 0 Å². The normalized spacial score (nSPS) is 25.8. The molecule has 3 heteroatoms. The number of hydrogen-bond acceptors (Lipinski definition) is 3. The lowest BCUT2D eigenvalue weighted by Crippen LogP contribution is -2.41. The Hall–Kier alpha value is -0.120. The first kappa shape index (κ1) is 13.3. The lowest BCUT2D eigenvalue weighted by Gasteiger charge is -2.27. The third-order valence-electron chi connectivity index (χ3n) is 3.59. The molecular formula is C14H28N2O. The summed E-state index contributed by atoms with van der Waals surface area (Å²) in [5, 5.41) is 3.59. The SMILES string of the molecule is CC(C)(C)OCCN(CC1CCCN1)C1CC1. The molecule has 2 rings (SSSR count). The molecule has 0 bridgehead atoms. The molecule has 1 aliphatic heterocycles. The monoisotopic (exact) mass is 240 g/mol. The van der Waals surface area contributed by atoms with E-state index in [0.717, 1.165) is 25.2 Å². The first-order chi connectivity index (χ1) is 8.04. The quantitative estimate of drug-likeness (QED) is 0.769. The molecule has 100 valence electrons. The van der Waals surface area contributed by atoms with Crippen LogP contribution < -0.4 is 5.32 Å². The fraction of sp³-hybridized carbons (Fsp3) is 1.00. The Bertz CT molecular complexity index is 227. The number of nitrogens with zero attached hydrogens (tertiary/aromatic N) is 1. The molecule has 0 amide bonds. The Morgan fingerprint density at radius 1 is 1.24 bits per heavy atom. The van der Waals surface area contributed by atoms with E-state index in [2.05, 4.69) is 31.0 Å². The fourth-order valence-electron chi connectivity index (χ4n) is 2.53. The molecule has 17 heavy (non-hydrogen) atoms. The number of nitrogens with one attached hydrogen (secondary N) is 1. The molecule has 1 saturated carbocycles. The second-order valence-corrected chi connectivity index (χ2v) is 6.48. The van der Waals surface area contributed by atoms with Crippen LogP contribution in [0, 0.1) is 0 Å². The average molecular weight is 240 g/mol. The molecule has 3 nitrogen and oxygen atoms in total. The number of rotatable bonds is 6. The van der Waals surface area contributed by atoms with Crippen LogP contribution in [0.5, 0.6) is 0 Å². The molecule has 0 aromatic carbocycles. The predicted octanol–water partition coefficient (Wildman–Crippen LogP) is 2.02. The summed E-state index contributed by atoms with van der Waals surface area (Å²) in [5.74, 6) is 0. The van der Waals surface area contributed by atoms with Crippen molar-refractivity contribution in [3.05, 3.63) is 0 Å². The smallest absolute Gasteiger partial charge is 0.0600 e. The minimum Gasteiger partial charge on any atom is -0.375 e. The lowest BCUT2D eigenvalue weighted by molar-refractivity contribution is -0.0146. The van der Waals surface area contributed by atoms with E-state index in [1.165, 1.54) is 38.8 Å². The van der Waals surface area contributed by atoms with Crippen LogP contribution in [0.15, 0.2) is 0 Å². The second-order valence-electron chi connectivity index (χ2n) is 6.48. The molecule has 1 saturated heterocycles. The summed E-state index contributed by atoms with van der Waals surface area (Å²) in [6.07, 6.45) is 5.48. The highest BCUT2D eigenvalue weighted by Crippen LogP contribution is 2.27. The van der Waals surface area contributed by atoms with Gasteiger partial charge in [-0.25, -0.2) is 0 Å². The van der Waals surface area contributed by atoms with Gasteiger partial charge in [0.15, 0.2) is 0 Å². The highest BCUT2D eigenvalue weighted by molar-refractivity contribution is 4.88. The van der Waals surface area contributed by atoms with Crippen molar-refractivity contribution >= 4 is 0 Å². The molecule has 0 spiro atoms. The summed E-state index contributed by atoms with van der Waals surface area (Å²) in [6.45, 7) is 10.8.